The topological polar surface area (TPSA) is 58.2 Å². The van der Waals surface area contributed by atoms with E-state index in [1.807, 2.05) is 31.2 Å². The molecule has 2 rings (SSSR count). The summed E-state index contributed by atoms with van der Waals surface area (Å²) in [5, 5.41) is 5.89. The average molecular weight is 266 g/mol. The van der Waals surface area contributed by atoms with Gasteiger partial charge in [0.1, 0.15) is 5.75 Å². The Bertz CT molecular complexity index is 441. The van der Waals surface area contributed by atoms with E-state index in [4.69, 9.17) is 0 Å². The summed E-state index contributed by atoms with van der Waals surface area (Å²) in [5.41, 5.74) is 1.90. The maximum atomic E-state index is 11.7. The van der Waals surface area contributed by atoms with Crippen LogP contribution in [0.3, 0.4) is 0 Å². The van der Waals surface area contributed by atoms with Crippen molar-refractivity contribution in [3.05, 3.63) is 29.8 Å². The van der Waals surface area contributed by atoms with Gasteiger partial charge in [-0.25, -0.2) is 0 Å². The lowest BCUT2D eigenvalue weighted by atomic mass is 10.1. The molecular formula is C13H18N2O2S. The third-order valence-corrected chi connectivity index (χ3v) is 4.34. The average Bonchev–Trinajstić information content (AvgIpc) is 2.27. The van der Waals surface area contributed by atoms with Crippen molar-refractivity contribution < 1.29 is 9.00 Å². The summed E-state index contributed by atoms with van der Waals surface area (Å²) in [4.78, 5) is 11.7. The number of benzene rings is 1. The van der Waals surface area contributed by atoms with E-state index < -0.39 is 10.8 Å². The Labute approximate surface area is 110 Å². The molecule has 1 amide bonds. The second kappa shape index (κ2) is 6.11. The zero-order valence-corrected chi connectivity index (χ0v) is 11.3. The number of hydrogen-bond acceptors (Lipinski definition) is 3. The summed E-state index contributed by atoms with van der Waals surface area (Å²) in [7, 11) is -1.06. The molecule has 1 heterocycles. The number of carbonyl (C=O) groups is 1. The van der Waals surface area contributed by atoms with E-state index in [9.17, 15) is 9.00 Å². The quantitative estimate of drug-likeness (QED) is 0.832. The van der Waals surface area contributed by atoms with Crippen LogP contribution < -0.4 is 10.6 Å². The maximum absolute atomic E-state index is 11.7. The smallest absolute Gasteiger partial charge is 0.236 e. The van der Waals surface area contributed by atoms with E-state index >= 15 is 0 Å². The van der Waals surface area contributed by atoms with Gasteiger partial charge < -0.3 is 10.6 Å². The van der Waals surface area contributed by atoms with Crippen molar-refractivity contribution >= 4 is 22.4 Å². The predicted molar refractivity (Wildman–Crippen MR) is 74.0 cm³/mol. The fourth-order valence-corrected chi connectivity index (χ4v) is 3.01. The molecule has 98 valence electrons. The molecule has 1 unspecified atom stereocenters. The van der Waals surface area contributed by atoms with Crippen LogP contribution in [0.1, 0.15) is 5.56 Å². The molecule has 0 radical (unpaired) electrons. The summed E-state index contributed by atoms with van der Waals surface area (Å²) in [6, 6.07) is 7.58. The summed E-state index contributed by atoms with van der Waals surface area (Å²) in [5.74, 6) is 1.00. The highest BCUT2D eigenvalue weighted by Gasteiger charge is 2.20. The number of hydrogen-bond donors (Lipinski definition) is 2. The molecule has 0 bridgehead atoms. The molecule has 1 atom stereocenters. The van der Waals surface area contributed by atoms with Crippen LogP contribution in [0.5, 0.6) is 0 Å². The molecule has 1 aliphatic heterocycles. The van der Waals surface area contributed by atoms with E-state index in [0.29, 0.717) is 11.7 Å². The Kier molecular flexibility index (Phi) is 4.49. The van der Waals surface area contributed by atoms with Gasteiger partial charge in [-0.05, 0) is 25.0 Å². The lowest BCUT2D eigenvalue weighted by Gasteiger charge is -2.26. The van der Waals surface area contributed by atoms with Crippen molar-refractivity contribution in [3.8, 4) is 0 Å². The predicted octanol–water partition coefficient (Wildman–Crippen LogP) is 0.902. The maximum Gasteiger partial charge on any atom is 0.236 e. The van der Waals surface area contributed by atoms with Gasteiger partial charge in [0.15, 0.2) is 0 Å². The van der Waals surface area contributed by atoms with Crippen molar-refractivity contribution in [2.45, 2.75) is 6.92 Å². The van der Waals surface area contributed by atoms with Gasteiger partial charge in [-0.2, -0.15) is 0 Å². The lowest BCUT2D eigenvalue weighted by Crippen LogP contribution is -2.45. The Morgan fingerprint density at radius 3 is 2.61 bits per heavy atom. The SMILES string of the molecule is Cc1ccc(NC(=O)CS(=O)CC2CNC2)cc1. The van der Waals surface area contributed by atoms with Crippen molar-refractivity contribution in [2.24, 2.45) is 5.92 Å². The Hall–Kier alpha value is -1.20. The molecule has 1 saturated heterocycles. The highest BCUT2D eigenvalue weighted by molar-refractivity contribution is 7.85. The number of carbonyl (C=O) groups excluding carboxylic acids is 1. The van der Waals surface area contributed by atoms with Crippen molar-refractivity contribution in [2.75, 3.05) is 29.9 Å². The second-order valence-corrected chi connectivity index (χ2v) is 6.19. The van der Waals surface area contributed by atoms with E-state index in [1.54, 1.807) is 0 Å². The molecule has 0 spiro atoms. The molecule has 1 aliphatic rings. The van der Waals surface area contributed by atoms with Crippen LogP contribution in [-0.2, 0) is 15.6 Å². The summed E-state index contributed by atoms with van der Waals surface area (Å²) < 4.78 is 11.7. The van der Waals surface area contributed by atoms with E-state index in [-0.39, 0.29) is 11.7 Å². The molecular weight excluding hydrogens is 248 g/mol. The summed E-state index contributed by atoms with van der Waals surface area (Å²) >= 11 is 0. The Morgan fingerprint density at radius 1 is 1.39 bits per heavy atom. The minimum Gasteiger partial charge on any atom is -0.325 e. The first-order chi connectivity index (χ1) is 8.63. The zero-order valence-electron chi connectivity index (χ0n) is 10.4. The molecule has 4 nitrogen and oxygen atoms in total. The third-order valence-electron chi connectivity index (χ3n) is 2.92. The van der Waals surface area contributed by atoms with Crippen LogP contribution in [-0.4, -0.2) is 34.7 Å². The van der Waals surface area contributed by atoms with Crippen LogP contribution >= 0.6 is 0 Å². The van der Waals surface area contributed by atoms with Crippen LogP contribution in [0.15, 0.2) is 24.3 Å². The van der Waals surface area contributed by atoms with E-state index in [0.717, 1.165) is 24.3 Å². The van der Waals surface area contributed by atoms with Crippen molar-refractivity contribution in [1.82, 2.24) is 5.32 Å². The van der Waals surface area contributed by atoms with E-state index in [1.165, 1.54) is 0 Å². The van der Waals surface area contributed by atoms with Crippen LogP contribution in [0.25, 0.3) is 0 Å². The summed E-state index contributed by atoms with van der Waals surface area (Å²) in [6.45, 7) is 3.84. The standard InChI is InChI=1S/C13H18N2O2S/c1-10-2-4-12(5-3-10)15-13(16)9-18(17)8-11-6-14-7-11/h2-5,11,14H,6-9H2,1H3,(H,15,16). The Balaban J connectivity index is 1.77. The normalized spacial score (nSPS) is 16.9. The minimum atomic E-state index is -1.06. The zero-order chi connectivity index (χ0) is 13.0. The summed E-state index contributed by atoms with van der Waals surface area (Å²) in [6.07, 6.45) is 0. The lowest BCUT2D eigenvalue weighted by molar-refractivity contribution is -0.113. The molecule has 2 N–H and O–H groups in total. The van der Waals surface area contributed by atoms with Gasteiger partial charge in [0, 0.05) is 35.3 Å². The largest absolute Gasteiger partial charge is 0.325 e. The number of anilines is 1. The van der Waals surface area contributed by atoms with Gasteiger partial charge in [0.2, 0.25) is 5.91 Å². The monoisotopic (exact) mass is 266 g/mol. The second-order valence-electron chi connectivity index (χ2n) is 4.69. The van der Waals surface area contributed by atoms with Crippen LogP contribution in [0.2, 0.25) is 0 Å². The number of amides is 1. The minimum absolute atomic E-state index is 0.0877. The van der Waals surface area contributed by atoms with Gasteiger partial charge in [-0.15, -0.1) is 0 Å². The third kappa shape index (κ3) is 3.92. The highest BCUT2D eigenvalue weighted by Crippen LogP contribution is 2.09. The molecule has 0 aromatic heterocycles. The molecule has 1 aromatic rings. The molecule has 5 heteroatoms. The number of nitrogens with one attached hydrogen (secondary N) is 2. The van der Waals surface area contributed by atoms with E-state index in [2.05, 4.69) is 10.6 Å². The molecule has 18 heavy (non-hydrogen) atoms. The number of aryl methyl sites for hydroxylation is 1. The molecule has 0 aliphatic carbocycles. The van der Waals surface area contributed by atoms with Gasteiger partial charge >= 0.3 is 0 Å². The van der Waals surface area contributed by atoms with Gasteiger partial charge in [0.25, 0.3) is 0 Å². The fraction of sp³-hybridized carbons (Fsp3) is 0.462. The number of rotatable bonds is 5. The van der Waals surface area contributed by atoms with Gasteiger partial charge in [0.05, 0.1) is 0 Å². The molecule has 1 fully saturated rings. The van der Waals surface area contributed by atoms with Gasteiger partial charge in [-0.3, -0.25) is 9.00 Å². The Morgan fingerprint density at radius 2 is 2.06 bits per heavy atom. The van der Waals surface area contributed by atoms with Gasteiger partial charge in [-0.1, -0.05) is 17.7 Å². The highest BCUT2D eigenvalue weighted by atomic mass is 32.2. The first kappa shape index (κ1) is 13.2. The van der Waals surface area contributed by atoms with Crippen molar-refractivity contribution in [1.29, 1.82) is 0 Å². The molecule has 0 saturated carbocycles. The van der Waals surface area contributed by atoms with Crippen LogP contribution in [0.4, 0.5) is 5.69 Å². The fourth-order valence-electron chi connectivity index (χ4n) is 1.77. The van der Waals surface area contributed by atoms with Crippen LogP contribution in [0, 0.1) is 12.8 Å². The molecule has 1 aromatic carbocycles. The first-order valence-electron chi connectivity index (χ1n) is 6.05. The first-order valence-corrected chi connectivity index (χ1v) is 7.54. The van der Waals surface area contributed by atoms with Crippen molar-refractivity contribution in [3.63, 3.8) is 0 Å².